The van der Waals surface area contributed by atoms with E-state index in [-0.39, 0.29) is 17.1 Å². The molecule has 0 radical (unpaired) electrons. The Morgan fingerprint density at radius 1 is 1.05 bits per heavy atom. The highest BCUT2D eigenvalue weighted by atomic mass is 16.1. The second kappa shape index (κ2) is 11.4. The number of hydrogen-bond donors (Lipinski definition) is 1. The predicted molar refractivity (Wildman–Crippen MR) is 162 cm³/mol. The number of anilines is 1. The maximum atomic E-state index is 13.5. The fourth-order valence-corrected chi connectivity index (χ4v) is 7.02. The van der Waals surface area contributed by atoms with Crippen LogP contribution in [0.25, 0.3) is 10.9 Å². The van der Waals surface area contributed by atoms with Crippen LogP contribution in [0.3, 0.4) is 0 Å². The molecule has 1 unspecified atom stereocenters. The monoisotopic (exact) mass is 530 g/mol. The van der Waals surface area contributed by atoms with Gasteiger partial charge in [0.2, 0.25) is 0 Å². The lowest BCUT2D eigenvalue weighted by molar-refractivity contribution is 0.109. The van der Waals surface area contributed by atoms with E-state index in [9.17, 15) is 4.79 Å². The number of benzene rings is 2. The van der Waals surface area contributed by atoms with E-state index in [1.165, 1.54) is 5.56 Å². The fraction of sp³-hybridized carbons (Fsp3) is 0.562. The number of fused-ring (bicyclic) bond motifs is 1. The summed E-state index contributed by atoms with van der Waals surface area (Å²) in [6.07, 6.45) is 4.14. The minimum absolute atomic E-state index is 0.0426. The number of rotatable bonds is 7. The zero-order chi connectivity index (χ0) is 27.7. The summed E-state index contributed by atoms with van der Waals surface area (Å²) in [7, 11) is 6.30. The van der Waals surface area contributed by atoms with E-state index in [2.05, 4.69) is 97.3 Å². The average molecular weight is 531 g/mol. The Balaban J connectivity index is 1.45. The Hall–Kier alpha value is -2.74. The van der Waals surface area contributed by atoms with Crippen LogP contribution in [-0.4, -0.2) is 71.7 Å². The van der Waals surface area contributed by atoms with Crippen molar-refractivity contribution in [2.75, 3.05) is 45.2 Å². The van der Waals surface area contributed by atoms with Gasteiger partial charge < -0.3 is 10.2 Å². The second-order valence-corrected chi connectivity index (χ2v) is 12.0. The Morgan fingerprint density at radius 2 is 1.72 bits per heavy atom. The minimum atomic E-state index is 0.0426. The van der Waals surface area contributed by atoms with Crippen LogP contribution in [0.15, 0.2) is 53.3 Å². The number of aromatic nitrogens is 2. The summed E-state index contributed by atoms with van der Waals surface area (Å²) < 4.78 is 1.80. The smallest absolute Gasteiger partial charge is 0.261 e. The number of nitrogens with zero attached hydrogens (tertiary/aromatic N) is 5. The van der Waals surface area contributed by atoms with Gasteiger partial charge in [-0.2, -0.15) is 0 Å². The third-order valence-electron chi connectivity index (χ3n) is 9.10. The molecule has 39 heavy (non-hydrogen) atoms. The van der Waals surface area contributed by atoms with E-state index >= 15 is 0 Å². The number of piperidine rings is 1. The molecule has 2 fully saturated rings. The minimum Gasteiger partial charge on any atom is -0.371 e. The van der Waals surface area contributed by atoms with Crippen molar-refractivity contribution in [3.05, 3.63) is 70.3 Å². The normalized spacial score (nSPS) is 22.9. The zero-order valence-corrected chi connectivity index (χ0v) is 24.7. The van der Waals surface area contributed by atoms with Gasteiger partial charge in [0.1, 0.15) is 5.82 Å². The molecule has 2 saturated heterocycles. The summed E-state index contributed by atoms with van der Waals surface area (Å²) in [6.45, 7) is 10.6. The van der Waals surface area contributed by atoms with Crippen molar-refractivity contribution in [3.8, 4) is 0 Å². The molecule has 5 rings (SSSR count). The summed E-state index contributed by atoms with van der Waals surface area (Å²) in [6, 6.07) is 18.1. The molecule has 1 N–H and O–H groups in total. The lowest BCUT2D eigenvalue weighted by Crippen LogP contribution is -2.55. The van der Waals surface area contributed by atoms with Crippen LogP contribution in [0.4, 0.5) is 5.69 Å². The summed E-state index contributed by atoms with van der Waals surface area (Å²) >= 11 is 0. The molecule has 0 spiro atoms. The highest BCUT2D eigenvalue weighted by Gasteiger charge is 2.38. The van der Waals surface area contributed by atoms with Crippen molar-refractivity contribution < 1.29 is 0 Å². The standard InChI is InChI=1S/C32H46N6O/c1-7-11-29(38-21-23(2)33-24(3)22-38)30-34-28-20-26(14-15-27(28)31(39)36(30)6)37-18-16-32(17-19-37,35(4)5)25-12-9-8-10-13-25/h8-10,12-15,20,23-24,29,33H,7,11,16-19,21-22H2,1-6H3/t23-,24+,29?. The lowest BCUT2D eigenvalue weighted by atomic mass is 9.79. The van der Waals surface area contributed by atoms with Gasteiger partial charge in [-0.15, -0.1) is 0 Å². The molecule has 210 valence electrons. The Morgan fingerprint density at radius 3 is 2.33 bits per heavy atom. The quantitative estimate of drug-likeness (QED) is 0.485. The first-order valence-corrected chi connectivity index (χ1v) is 14.7. The molecular formula is C32H46N6O. The first kappa shape index (κ1) is 27.8. The molecule has 2 aromatic carbocycles. The SMILES string of the molecule is CCCC(c1nc2cc(N3CCC(c4ccccc4)(N(C)C)CC3)ccc2c(=O)n1C)N1C[C@@H](C)N[C@@H](C)C1. The number of piperazine rings is 1. The molecule has 3 heterocycles. The summed E-state index contributed by atoms with van der Waals surface area (Å²) in [4.78, 5) is 26.1. The van der Waals surface area contributed by atoms with Crippen molar-refractivity contribution in [2.24, 2.45) is 7.05 Å². The van der Waals surface area contributed by atoms with Crippen molar-refractivity contribution in [1.29, 1.82) is 0 Å². The first-order valence-electron chi connectivity index (χ1n) is 14.7. The highest BCUT2D eigenvalue weighted by molar-refractivity contribution is 5.81. The highest BCUT2D eigenvalue weighted by Crippen LogP contribution is 2.39. The molecule has 3 aromatic rings. The van der Waals surface area contributed by atoms with Gasteiger partial charge in [0.15, 0.2) is 0 Å². The van der Waals surface area contributed by atoms with Gasteiger partial charge in [-0.3, -0.25) is 19.2 Å². The number of hydrogen-bond acceptors (Lipinski definition) is 6. The van der Waals surface area contributed by atoms with Crippen LogP contribution in [0.1, 0.15) is 63.9 Å². The van der Waals surface area contributed by atoms with Gasteiger partial charge in [-0.25, -0.2) is 4.98 Å². The van der Waals surface area contributed by atoms with E-state index < -0.39 is 0 Å². The van der Waals surface area contributed by atoms with E-state index in [0.717, 1.165) is 68.9 Å². The van der Waals surface area contributed by atoms with E-state index in [1.807, 2.05) is 13.1 Å². The van der Waals surface area contributed by atoms with E-state index in [0.29, 0.717) is 17.5 Å². The van der Waals surface area contributed by atoms with Crippen LogP contribution >= 0.6 is 0 Å². The molecule has 1 aromatic heterocycles. The Kier molecular flexibility index (Phi) is 8.13. The van der Waals surface area contributed by atoms with Crippen molar-refractivity contribution in [2.45, 2.75) is 70.1 Å². The third kappa shape index (κ3) is 5.37. The number of nitrogens with one attached hydrogen (secondary N) is 1. The van der Waals surface area contributed by atoms with Crippen LogP contribution in [-0.2, 0) is 12.6 Å². The maximum Gasteiger partial charge on any atom is 0.261 e. The zero-order valence-electron chi connectivity index (χ0n) is 24.7. The van der Waals surface area contributed by atoms with Gasteiger partial charge in [0.05, 0.1) is 16.9 Å². The topological polar surface area (TPSA) is 56.6 Å². The van der Waals surface area contributed by atoms with Crippen molar-refractivity contribution in [3.63, 3.8) is 0 Å². The Labute approximate surface area is 233 Å². The van der Waals surface area contributed by atoms with Crippen LogP contribution in [0.2, 0.25) is 0 Å². The van der Waals surface area contributed by atoms with Crippen molar-refractivity contribution in [1.82, 2.24) is 24.7 Å². The van der Waals surface area contributed by atoms with Crippen molar-refractivity contribution >= 4 is 16.6 Å². The van der Waals surface area contributed by atoms with Crippen LogP contribution < -0.4 is 15.8 Å². The molecule has 3 atom stereocenters. The van der Waals surface area contributed by atoms with Crippen LogP contribution in [0.5, 0.6) is 0 Å². The lowest BCUT2D eigenvalue weighted by Gasteiger charge is -2.47. The average Bonchev–Trinajstić information content (AvgIpc) is 2.93. The molecule has 7 nitrogen and oxygen atoms in total. The molecule has 0 bridgehead atoms. The molecule has 0 aliphatic carbocycles. The fourth-order valence-electron chi connectivity index (χ4n) is 7.02. The molecule has 2 aliphatic rings. The maximum absolute atomic E-state index is 13.5. The van der Waals surface area contributed by atoms with Gasteiger partial charge in [-0.1, -0.05) is 43.7 Å². The summed E-state index contributed by atoms with van der Waals surface area (Å²) in [5, 5.41) is 4.34. The third-order valence-corrected chi connectivity index (χ3v) is 9.10. The molecule has 7 heteroatoms. The summed E-state index contributed by atoms with van der Waals surface area (Å²) in [5.41, 5.74) is 3.46. The molecule has 2 aliphatic heterocycles. The molecule has 0 amide bonds. The molecular weight excluding hydrogens is 484 g/mol. The van der Waals surface area contributed by atoms with E-state index in [4.69, 9.17) is 4.98 Å². The van der Waals surface area contributed by atoms with Gasteiger partial charge in [0, 0.05) is 56.5 Å². The first-order chi connectivity index (χ1) is 18.7. The van der Waals surface area contributed by atoms with Gasteiger partial charge >= 0.3 is 0 Å². The largest absolute Gasteiger partial charge is 0.371 e. The molecule has 0 saturated carbocycles. The van der Waals surface area contributed by atoms with Gasteiger partial charge in [-0.05, 0) is 71.0 Å². The summed E-state index contributed by atoms with van der Waals surface area (Å²) in [5.74, 6) is 0.891. The predicted octanol–water partition coefficient (Wildman–Crippen LogP) is 4.51. The van der Waals surface area contributed by atoms with E-state index in [1.54, 1.807) is 4.57 Å². The van der Waals surface area contributed by atoms with Gasteiger partial charge in [0.25, 0.3) is 5.56 Å². The second-order valence-electron chi connectivity index (χ2n) is 12.0. The van der Waals surface area contributed by atoms with Crippen LogP contribution in [0, 0.1) is 0 Å². The Bertz CT molecular complexity index is 1320.